The highest BCUT2D eigenvalue weighted by atomic mass is 35.5. The van der Waals surface area contributed by atoms with E-state index in [0.29, 0.717) is 10.7 Å². The van der Waals surface area contributed by atoms with Gasteiger partial charge in [0, 0.05) is 16.1 Å². The molecule has 0 saturated carbocycles. The minimum Gasteiger partial charge on any atom is -0.444 e. The third-order valence-electron chi connectivity index (χ3n) is 2.47. The molecular weight excluding hydrogens is 262 g/mol. The molecule has 1 N–H and O–H groups in total. The van der Waals surface area contributed by atoms with Crippen LogP contribution in [0.3, 0.4) is 0 Å². The molecule has 0 spiro atoms. The molecule has 2 aromatic carbocycles. The van der Waals surface area contributed by atoms with Crippen LogP contribution in [0.2, 0.25) is 5.02 Å². The molecule has 0 saturated heterocycles. The molecule has 4 heteroatoms. The van der Waals surface area contributed by atoms with Crippen molar-refractivity contribution in [1.29, 1.82) is 0 Å². The zero-order valence-electron chi connectivity index (χ0n) is 11.2. The van der Waals surface area contributed by atoms with Crippen LogP contribution in [0.25, 0.3) is 10.8 Å². The van der Waals surface area contributed by atoms with Crippen LogP contribution in [0.4, 0.5) is 10.5 Å². The molecule has 2 aromatic rings. The zero-order valence-corrected chi connectivity index (χ0v) is 11.9. The standard InChI is InChI=1S/C15H16ClNO2/c1-15(2,3)19-14(18)17-11-7-8-12-10(9-11)5-4-6-13(12)16/h4-9H,1-3H3,(H,17,18). The molecule has 19 heavy (non-hydrogen) atoms. The van der Waals surface area contributed by atoms with Gasteiger partial charge < -0.3 is 4.74 Å². The third-order valence-corrected chi connectivity index (χ3v) is 2.80. The molecule has 0 aliphatic carbocycles. The van der Waals surface area contributed by atoms with Crippen molar-refractivity contribution in [1.82, 2.24) is 0 Å². The predicted molar refractivity (Wildman–Crippen MR) is 78.8 cm³/mol. The van der Waals surface area contributed by atoms with E-state index in [1.54, 1.807) is 6.07 Å². The van der Waals surface area contributed by atoms with Gasteiger partial charge in [-0.2, -0.15) is 0 Å². The van der Waals surface area contributed by atoms with E-state index in [1.807, 2.05) is 51.1 Å². The molecule has 2 rings (SSSR count). The van der Waals surface area contributed by atoms with Gasteiger partial charge in [-0.05, 0) is 44.4 Å². The van der Waals surface area contributed by atoms with Gasteiger partial charge in [0.2, 0.25) is 0 Å². The van der Waals surface area contributed by atoms with Crippen molar-refractivity contribution in [3.63, 3.8) is 0 Å². The van der Waals surface area contributed by atoms with Crippen LogP contribution in [0.1, 0.15) is 20.8 Å². The molecule has 0 fully saturated rings. The van der Waals surface area contributed by atoms with Gasteiger partial charge in [-0.15, -0.1) is 0 Å². The summed E-state index contributed by atoms with van der Waals surface area (Å²) in [6.07, 6.45) is -0.464. The Morgan fingerprint density at radius 2 is 1.95 bits per heavy atom. The quantitative estimate of drug-likeness (QED) is 0.810. The Bertz CT molecular complexity index is 617. The Hall–Kier alpha value is -1.74. The normalized spacial score (nSPS) is 11.4. The average molecular weight is 278 g/mol. The lowest BCUT2D eigenvalue weighted by Crippen LogP contribution is -2.27. The number of rotatable bonds is 1. The first kappa shape index (κ1) is 13.7. The summed E-state index contributed by atoms with van der Waals surface area (Å²) < 4.78 is 5.20. The molecule has 0 radical (unpaired) electrons. The molecule has 0 unspecified atom stereocenters. The van der Waals surface area contributed by atoms with Gasteiger partial charge in [0.1, 0.15) is 5.60 Å². The van der Waals surface area contributed by atoms with Crippen LogP contribution in [0.15, 0.2) is 36.4 Å². The number of anilines is 1. The Morgan fingerprint density at radius 3 is 2.63 bits per heavy atom. The maximum Gasteiger partial charge on any atom is 0.412 e. The summed E-state index contributed by atoms with van der Waals surface area (Å²) in [5.74, 6) is 0. The SMILES string of the molecule is CC(C)(C)OC(=O)Nc1ccc2c(Cl)cccc2c1. The zero-order chi connectivity index (χ0) is 14.0. The first-order valence-electron chi connectivity index (χ1n) is 6.03. The van der Waals surface area contributed by atoms with Gasteiger partial charge in [-0.3, -0.25) is 5.32 Å². The first-order chi connectivity index (χ1) is 8.85. The molecule has 0 heterocycles. The fraction of sp³-hybridized carbons (Fsp3) is 0.267. The lowest BCUT2D eigenvalue weighted by molar-refractivity contribution is 0.0636. The van der Waals surface area contributed by atoms with Crippen LogP contribution in [-0.4, -0.2) is 11.7 Å². The summed E-state index contributed by atoms with van der Waals surface area (Å²) in [4.78, 5) is 11.7. The number of nitrogens with one attached hydrogen (secondary N) is 1. The second-order valence-corrected chi connectivity index (χ2v) is 5.71. The van der Waals surface area contributed by atoms with Crippen molar-refractivity contribution in [2.75, 3.05) is 5.32 Å². The minimum absolute atomic E-state index is 0.464. The summed E-state index contributed by atoms with van der Waals surface area (Å²) in [7, 11) is 0. The monoisotopic (exact) mass is 277 g/mol. The van der Waals surface area contributed by atoms with Gasteiger partial charge >= 0.3 is 6.09 Å². The van der Waals surface area contributed by atoms with Crippen molar-refractivity contribution < 1.29 is 9.53 Å². The maximum absolute atomic E-state index is 11.7. The number of halogens is 1. The summed E-state index contributed by atoms with van der Waals surface area (Å²) >= 11 is 6.09. The van der Waals surface area contributed by atoms with Gasteiger partial charge in [-0.1, -0.05) is 29.8 Å². The van der Waals surface area contributed by atoms with E-state index in [2.05, 4.69) is 5.32 Å². The topological polar surface area (TPSA) is 38.3 Å². The Labute approximate surface area is 117 Å². The van der Waals surface area contributed by atoms with Crippen LogP contribution in [0.5, 0.6) is 0 Å². The summed E-state index contributed by atoms with van der Waals surface area (Å²) in [6, 6.07) is 11.2. The van der Waals surface area contributed by atoms with Gasteiger partial charge in [-0.25, -0.2) is 4.79 Å². The largest absolute Gasteiger partial charge is 0.444 e. The summed E-state index contributed by atoms with van der Waals surface area (Å²) in [5, 5.41) is 5.33. The highest BCUT2D eigenvalue weighted by Gasteiger charge is 2.16. The molecule has 0 aromatic heterocycles. The van der Waals surface area contributed by atoms with Gasteiger partial charge in [0.05, 0.1) is 0 Å². The van der Waals surface area contributed by atoms with E-state index in [9.17, 15) is 4.79 Å². The number of hydrogen-bond acceptors (Lipinski definition) is 2. The second kappa shape index (κ2) is 5.10. The minimum atomic E-state index is -0.510. The highest BCUT2D eigenvalue weighted by molar-refractivity contribution is 6.35. The van der Waals surface area contributed by atoms with Crippen molar-refractivity contribution in [2.24, 2.45) is 0 Å². The van der Waals surface area contributed by atoms with Crippen LogP contribution in [-0.2, 0) is 4.74 Å². The number of fused-ring (bicyclic) bond motifs is 1. The Balaban J connectivity index is 2.20. The van der Waals surface area contributed by atoms with E-state index in [1.165, 1.54) is 0 Å². The Kier molecular flexibility index (Phi) is 3.67. The molecule has 0 bridgehead atoms. The van der Waals surface area contributed by atoms with E-state index in [-0.39, 0.29) is 0 Å². The molecular formula is C15H16ClNO2. The lowest BCUT2D eigenvalue weighted by atomic mass is 10.1. The molecule has 0 aliphatic rings. The number of carbonyl (C=O) groups is 1. The average Bonchev–Trinajstić information content (AvgIpc) is 2.26. The van der Waals surface area contributed by atoms with Crippen molar-refractivity contribution in [3.05, 3.63) is 41.4 Å². The number of amides is 1. The summed E-state index contributed by atoms with van der Waals surface area (Å²) in [5.41, 5.74) is 0.175. The number of hydrogen-bond donors (Lipinski definition) is 1. The second-order valence-electron chi connectivity index (χ2n) is 5.30. The lowest BCUT2D eigenvalue weighted by Gasteiger charge is -2.19. The molecule has 3 nitrogen and oxygen atoms in total. The number of benzene rings is 2. The van der Waals surface area contributed by atoms with Crippen molar-refractivity contribution in [3.8, 4) is 0 Å². The van der Waals surface area contributed by atoms with Crippen molar-refractivity contribution >= 4 is 34.2 Å². The molecule has 0 aliphatic heterocycles. The fourth-order valence-electron chi connectivity index (χ4n) is 1.74. The highest BCUT2D eigenvalue weighted by Crippen LogP contribution is 2.26. The smallest absolute Gasteiger partial charge is 0.412 e. The first-order valence-corrected chi connectivity index (χ1v) is 6.41. The van der Waals surface area contributed by atoms with E-state index in [4.69, 9.17) is 16.3 Å². The van der Waals surface area contributed by atoms with Crippen LogP contribution < -0.4 is 5.32 Å². The van der Waals surface area contributed by atoms with E-state index >= 15 is 0 Å². The van der Waals surface area contributed by atoms with Gasteiger partial charge in [0.25, 0.3) is 0 Å². The van der Waals surface area contributed by atoms with E-state index in [0.717, 1.165) is 10.8 Å². The van der Waals surface area contributed by atoms with E-state index < -0.39 is 11.7 Å². The molecule has 0 atom stereocenters. The molecule has 100 valence electrons. The number of carbonyl (C=O) groups excluding carboxylic acids is 1. The van der Waals surface area contributed by atoms with Crippen molar-refractivity contribution in [2.45, 2.75) is 26.4 Å². The van der Waals surface area contributed by atoms with Crippen LogP contribution in [0, 0.1) is 0 Å². The van der Waals surface area contributed by atoms with Gasteiger partial charge in [0.15, 0.2) is 0 Å². The summed E-state index contributed by atoms with van der Waals surface area (Å²) in [6.45, 7) is 5.48. The third kappa shape index (κ3) is 3.61. The predicted octanol–water partition coefficient (Wildman–Crippen LogP) is 4.84. The van der Waals surface area contributed by atoms with Crippen LogP contribution >= 0.6 is 11.6 Å². The number of ether oxygens (including phenoxy) is 1. The maximum atomic E-state index is 11.7. The fourth-order valence-corrected chi connectivity index (χ4v) is 1.99. The molecule has 1 amide bonds. The Morgan fingerprint density at radius 1 is 1.21 bits per heavy atom.